The average Bonchev–Trinajstić information content (AvgIpc) is 2.28. The lowest BCUT2D eigenvalue weighted by molar-refractivity contribution is 0.375. The fraction of sp³-hybridized carbons (Fsp3) is 0.154. The maximum atomic E-state index is 9.67. The molecule has 3 heteroatoms. The summed E-state index contributed by atoms with van der Waals surface area (Å²) in [6, 6.07) is 11.0. The number of hydrogen-bond acceptors (Lipinski definition) is 3. The van der Waals surface area contributed by atoms with Gasteiger partial charge in [-0.15, -0.1) is 0 Å². The van der Waals surface area contributed by atoms with Crippen LogP contribution in [0, 0.1) is 6.92 Å². The van der Waals surface area contributed by atoms with Crippen molar-refractivity contribution in [3.05, 3.63) is 42.1 Å². The third-order valence-electron chi connectivity index (χ3n) is 2.36. The second-order valence-electron chi connectivity index (χ2n) is 3.52. The summed E-state index contributed by atoms with van der Waals surface area (Å²) in [7, 11) is 1.54. The Morgan fingerprint density at radius 3 is 2.56 bits per heavy atom. The summed E-state index contributed by atoms with van der Waals surface area (Å²) < 4.78 is 5.18. The Kier molecular flexibility index (Phi) is 2.77. The first-order chi connectivity index (χ1) is 7.72. The number of benzene rings is 1. The molecule has 0 unspecified atom stereocenters. The minimum absolute atomic E-state index is 0.128. The molecule has 1 heterocycles. The van der Waals surface area contributed by atoms with Gasteiger partial charge in [0, 0.05) is 11.3 Å². The smallest absolute Gasteiger partial charge is 0.169 e. The molecule has 0 aliphatic rings. The van der Waals surface area contributed by atoms with E-state index in [9.17, 15) is 5.11 Å². The summed E-state index contributed by atoms with van der Waals surface area (Å²) in [5.74, 6) is 0.587. The lowest BCUT2D eigenvalue weighted by atomic mass is 10.1. The fourth-order valence-electron chi connectivity index (χ4n) is 1.63. The molecular formula is C13H13NO2. The largest absolute Gasteiger partial charge is 0.504 e. The molecule has 82 valence electrons. The van der Waals surface area contributed by atoms with Gasteiger partial charge in [0.1, 0.15) is 0 Å². The molecule has 0 spiro atoms. The maximum absolute atomic E-state index is 9.67. The number of para-hydroxylation sites is 1. The molecule has 0 fully saturated rings. The monoisotopic (exact) mass is 215 g/mol. The van der Waals surface area contributed by atoms with E-state index >= 15 is 0 Å². The van der Waals surface area contributed by atoms with Gasteiger partial charge in [0.25, 0.3) is 0 Å². The third kappa shape index (κ3) is 1.84. The number of aromatic nitrogens is 1. The zero-order valence-electron chi connectivity index (χ0n) is 9.27. The van der Waals surface area contributed by atoms with E-state index in [-0.39, 0.29) is 5.75 Å². The molecule has 0 aliphatic heterocycles. The van der Waals surface area contributed by atoms with Crippen LogP contribution < -0.4 is 4.74 Å². The molecule has 3 nitrogen and oxygen atoms in total. The van der Waals surface area contributed by atoms with E-state index in [1.165, 1.54) is 7.11 Å². The van der Waals surface area contributed by atoms with Crippen LogP contribution in [0.3, 0.4) is 0 Å². The summed E-state index contributed by atoms with van der Waals surface area (Å²) in [5, 5.41) is 9.67. The zero-order valence-corrected chi connectivity index (χ0v) is 9.27. The Labute approximate surface area is 94.3 Å². The molecule has 1 aromatic heterocycles. The molecule has 2 aromatic rings. The summed E-state index contributed by atoms with van der Waals surface area (Å²) in [4.78, 5) is 4.40. The highest BCUT2D eigenvalue weighted by Gasteiger charge is 2.10. The van der Waals surface area contributed by atoms with Crippen LogP contribution in [0.5, 0.6) is 11.5 Å². The van der Waals surface area contributed by atoms with Crippen LogP contribution in [0.2, 0.25) is 0 Å². The van der Waals surface area contributed by atoms with Gasteiger partial charge in [0.05, 0.1) is 12.8 Å². The maximum Gasteiger partial charge on any atom is 0.169 e. The minimum atomic E-state index is 0.128. The fourth-order valence-corrected chi connectivity index (χ4v) is 1.63. The quantitative estimate of drug-likeness (QED) is 0.837. The standard InChI is InChI=1S/C13H13NO2/c1-9-5-3-7-11(14-9)10-6-4-8-12(15)13(10)16-2/h3-8,15H,1-2H3. The molecule has 16 heavy (non-hydrogen) atoms. The topological polar surface area (TPSA) is 42.4 Å². The van der Waals surface area contributed by atoms with E-state index in [0.29, 0.717) is 5.75 Å². The molecule has 0 aliphatic carbocycles. The number of aryl methyl sites for hydroxylation is 1. The highest BCUT2D eigenvalue weighted by molar-refractivity contribution is 5.70. The summed E-state index contributed by atoms with van der Waals surface area (Å²) in [6.07, 6.45) is 0. The Balaban J connectivity index is 2.60. The first-order valence-corrected chi connectivity index (χ1v) is 5.02. The molecule has 0 amide bonds. The van der Waals surface area contributed by atoms with Gasteiger partial charge in [0.2, 0.25) is 0 Å². The number of rotatable bonds is 2. The number of hydrogen-bond donors (Lipinski definition) is 1. The Bertz CT molecular complexity index is 509. The third-order valence-corrected chi connectivity index (χ3v) is 2.36. The van der Waals surface area contributed by atoms with E-state index < -0.39 is 0 Å². The van der Waals surface area contributed by atoms with Gasteiger partial charge in [-0.25, -0.2) is 0 Å². The van der Waals surface area contributed by atoms with Crippen LogP contribution in [0.15, 0.2) is 36.4 Å². The van der Waals surface area contributed by atoms with Crippen molar-refractivity contribution in [1.29, 1.82) is 0 Å². The van der Waals surface area contributed by atoms with Gasteiger partial charge in [-0.2, -0.15) is 0 Å². The number of ether oxygens (including phenoxy) is 1. The second kappa shape index (κ2) is 4.23. The predicted molar refractivity (Wildman–Crippen MR) is 62.6 cm³/mol. The molecule has 0 saturated carbocycles. The van der Waals surface area contributed by atoms with Crippen LogP contribution in [-0.2, 0) is 0 Å². The van der Waals surface area contributed by atoms with Crippen molar-refractivity contribution in [3.8, 4) is 22.8 Å². The molecule has 1 N–H and O–H groups in total. The van der Waals surface area contributed by atoms with E-state index in [2.05, 4.69) is 4.98 Å². The van der Waals surface area contributed by atoms with Gasteiger partial charge >= 0.3 is 0 Å². The van der Waals surface area contributed by atoms with Crippen molar-refractivity contribution >= 4 is 0 Å². The van der Waals surface area contributed by atoms with Crippen molar-refractivity contribution in [2.75, 3.05) is 7.11 Å². The van der Waals surface area contributed by atoms with Crippen LogP contribution >= 0.6 is 0 Å². The van der Waals surface area contributed by atoms with Crippen molar-refractivity contribution in [1.82, 2.24) is 4.98 Å². The highest BCUT2D eigenvalue weighted by atomic mass is 16.5. The van der Waals surface area contributed by atoms with Crippen molar-refractivity contribution in [2.24, 2.45) is 0 Å². The molecule has 0 atom stereocenters. The number of pyridine rings is 1. The van der Waals surface area contributed by atoms with Crippen LogP contribution in [0.25, 0.3) is 11.3 Å². The van der Waals surface area contributed by atoms with E-state index in [1.807, 2.05) is 31.2 Å². The van der Waals surface area contributed by atoms with Crippen molar-refractivity contribution in [3.63, 3.8) is 0 Å². The molecule has 2 rings (SSSR count). The molecular weight excluding hydrogens is 202 g/mol. The predicted octanol–water partition coefficient (Wildman–Crippen LogP) is 2.77. The van der Waals surface area contributed by atoms with Gasteiger partial charge in [0.15, 0.2) is 11.5 Å². The van der Waals surface area contributed by atoms with E-state index in [0.717, 1.165) is 17.0 Å². The van der Waals surface area contributed by atoms with E-state index in [1.54, 1.807) is 12.1 Å². The molecule has 0 radical (unpaired) electrons. The van der Waals surface area contributed by atoms with Crippen LogP contribution in [0.1, 0.15) is 5.69 Å². The summed E-state index contributed by atoms with van der Waals surface area (Å²) in [5.41, 5.74) is 2.53. The number of phenolic OH excluding ortho intramolecular Hbond substituents is 1. The molecule has 0 bridgehead atoms. The number of nitrogens with zero attached hydrogens (tertiary/aromatic N) is 1. The van der Waals surface area contributed by atoms with E-state index in [4.69, 9.17) is 4.74 Å². The lowest BCUT2D eigenvalue weighted by Gasteiger charge is -2.09. The Hall–Kier alpha value is -2.03. The number of methoxy groups -OCH3 is 1. The summed E-state index contributed by atoms with van der Waals surface area (Å²) >= 11 is 0. The highest BCUT2D eigenvalue weighted by Crippen LogP contribution is 2.35. The number of aromatic hydroxyl groups is 1. The SMILES string of the molecule is COc1c(O)cccc1-c1cccc(C)n1. The van der Waals surface area contributed by atoms with Crippen LogP contribution in [0.4, 0.5) is 0 Å². The van der Waals surface area contributed by atoms with Gasteiger partial charge < -0.3 is 9.84 Å². The average molecular weight is 215 g/mol. The van der Waals surface area contributed by atoms with Gasteiger partial charge in [-0.1, -0.05) is 12.1 Å². The summed E-state index contributed by atoms with van der Waals surface area (Å²) in [6.45, 7) is 1.93. The lowest BCUT2D eigenvalue weighted by Crippen LogP contribution is -1.91. The normalized spacial score (nSPS) is 10.1. The van der Waals surface area contributed by atoms with Gasteiger partial charge in [-0.3, -0.25) is 4.98 Å². The first kappa shape index (κ1) is 10.5. The Morgan fingerprint density at radius 1 is 1.12 bits per heavy atom. The second-order valence-corrected chi connectivity index (χ2v) is 3.52. The minimum Gasteiger partial charge on any atom is -0.504 e. The number of phenols is 1. The van der Waals surface area contributed by atoms with Crippen molar-refractivity contribution in [2.45, 2.75) is 6.92 Å². The zero-order chi connectivity index (χ0) is 11.5. The molecule has 0 saturated heterocycles. The molecule has 1 aromatic carbocycles. The Morgan fingerprint density at radius 2 is 1.88 bits per heavy atom. The van der Waals surface area contributed by atoms with Crippen molar-refractivity contribution < 1.29 is 9.84 Å². The van der Waals surface area contributed by atoms with Crippen LogP contribution in [-0.4, -0.2) is 17.2 Å². The van der Waals surface area contributed by atoms with Gasteiger partial charge in [-0.05, 0) is 31.2 Å². The first-order valence-electron chi connectivity index (χ1n) is 5.02.